The van der Waals surface area contributed by atoms with Gasteiger partial charge in [-0.05, 0) is 49.2 Å². The van der Waals surface area contributed by atoms with Crippen LogP contribution < -0.4 is 15.4 Å². The van der Waals surface area contributed by atoms with Crippen LogP contribution in [0.1, 0.15) is 5.56 Å². The summed E-state index contributed by atoms with van der Waals surface area (Å²) in [7, 11) is -2.18. The van der Waals surface area contributed by atoms with E-state index in [4.69, 9.17) is 5.26 Å². The molecule has 2 aromatic carbocycles. The van der Waals surface area contributed by atoms with E-state index in [9.17, 15) is 8.42 Å². The molecular formula is C20H20N6O2S2. The number of nitrogens with zero attached hydrogens (tertiary/aromatic N) is 3. The quantitative estimate of drug-likeness (QED) is 0.454. The second kappa shape index (κ2) is 9.58. The lowest BCUT2D eigenvalue weighted by Crippen LogP contribution is -2.18. The zero-order valence-electron chi connectivity index (χ0n) is 16.4. The van der Waals surface area contributed by atoms with Crippen molar-refractivity contribution in [3.05, 3.63) is 60.4 Å². The maximum absolute atomic E-state index is 12.1. The molecule has 0 saturated carbocycles. The molecule has 0 saturated heterocycles. The van der Waals surface area contributed by atoms with Crippen molar-refractivity contribution in [3.63, 3.8) is 0 Å². The van der Waals surface area contributed by atoms with Crippen LogP contribution >= 0.6 is 11.8 Å². The maximum Gasteiger partial charge on any atom is 0.240 e. The average Bonchev–Trinajstić information content (AvgIpc) is 2.75. The van der Waals surface area contributed by atoms with Crippen molar-refractivity contribution in [1.29, 1.82) is 5.26 Å². The molecule has 0 radical (unpaired) electrons. The fourth-order valence-electron chi connectivity index (χ4n) is 2.65. The van der Waals surface area contributed by atoms with Gasteiger partial charge in [0.05, 0.1) is 23.1 Å². The third kappa shape index (κ3) is 5.27. The number of nitrogens with one attached hydrogen (secondary N) is 3. The van der Waals surface area contributed by atoms with Crippen molar-refractivity contribution < 1.29 is 8.42 Å². The second-order valence-corrected chi connectivity index (χ2v) is 8.87. The highest BCUT2D eigenvalue weighted by Crippen LogP contribution is 2.30. The molecule has 8 nitrogen and oxygen atoms in total. The number of benzene rings is 2. The minimum Gasteiger partial charge on any atom is -0.340 e. The average molecular weight is 441 g/mol. The highest BCUT2D eigenvalue weighted by atomic mass is 32.2. The van der Waals surface area contributed by atoms with Gasteiger partial charge in [0.2, 0.25) is 10.0 Å². The Labute approximate surface area is 179 Å². The van der Waals surface area contributed by atoms with E-state index < -0.39 is 10.0 Å². The molecule has 0 unspecified atom stereocenters. The Kier molecular flexibility index (Phi) is 6.89. The Bertz CT molecular complexity index is 1170. The zero-order chi connectivity index (χ0) is 21.6. The molecule has 3 N–H and O–H groups in total. The van der Waals surface area contributed by atoms with Crippen molar-refractivity contribution in [2.45, 2.75) is 16.2 Å². The van der Waals surface area contributed by atoms with E-state index in [1.54, 1.807) is 24.3 Å². The molecule has 1 heterocycles. The van der Waals surface area contributed by atoms with Crippen molar-refractivity contribution in [2.24, 2.45) is 0 Å². The fourth-order valence-corrected chi connectivity index (χ4v) is 3.94. The van der Waals surface area contributed by atoms with Gasteiger partial charge in [-0.1, -0.05) is 12.1 Å². The molecule has 0 atom stereocenters. The summed E-state index contributed by atoms with van der Waals surface area (Å²) in [4.78, 5) is 9.49. The smallest absolute Gasteiger partial charge is 0.240 e. The van der Waals surface area contributed by atoms with Crippen LogP contribution in [-0.4, -0.2) is 31.7 Å². The number of sulfonamides is 1. The van der Waals surface area contributed by atoms with Gasteiger partial charge in [0.15, 0.2) is 0 Å². The monoisotopic (exact) mass is 440 g/mol. The predicted molar refractivity (Wildman–Crippen MR) is 119 cm³/mol. The summed E-state index contributed by atoms with van der Waals surface area (Å²) in [6, 6.07) is 16.2. The number of rotatable bonds is 8. The topological polar surface area (TPSA) is 120 Å². The van der Waals surface area contributed by atoms with Crippen LogP contribution in [0.3, 0.4) is 0 Å². The molecule has 0 aliphatic carbocycles. The first-order chi connectivity index (χ1) is 14.4. The SMILES string of the molecule is CNS(=O)(=O)c1ccc(SC)c(Nc2cc(Nc3ccc(CC#N)cc3)ncn2)c1. The van der Waals surface area contributed by atoms with Gasteiger partial charge < -0.3 is 10.6 Å². The number of thioether (sulfide) groups is 1. The van der Waals surface area contributed by atoms with Crippen LogP contribution in [0.5, 0.6) is 0 Å². The maximum atomic E-state index is 12.1. The van der Waals surface area contributed by atoms with Crippen molar-refractivity contribution in [1.82, 2.24) is 14.7 Å². The summed E-state index contributed by atoms with van der Waals surface area (Å²) < 4.78 is 26.6. The van der Waals surface area contributed by atoms with Gasteiger partial charge in [0.1, 0.15) is 18.0 Å². The first-order valence-electron chi connectivity index (χ1n) is 8.89. The van der Waals surface area contributed by atoms with Gasteiger partial charge in [-0.15, -0.1) is 11.8 Å². The Hall–Kier alpha value is -3.13. The second-order valence-electron chi connectivity index (χ2n) is 6.14. The summed E-state index contributed by atoms with van der Waals surface area (Å²) in [5, 5.41) is 15.1. The number of nitriles is 1. The molecule has 0 bridgehead atoms. The lowest BCUT2D eigenvalue weighted by atomic mass is 10.1. The normalized spacial score (nSPS) is 11.0. The molecule has 0 fully saturated rings. The Morgan fingerprint density at radius 3 is 2.37 bits per heavy atom. The van der Waals surface area contributed by atoms with E-state index in [2.05, 4.69) is 31.4 Å². The lowest BCUT2D eigenvalue weighted by Gasteiger charge is -2.13. The number of hydrogen-bond acceptors (Lipinski definition) is 8. The van der Waals surface area contributed by atoms with E-state index >= 15 is 0 Å². The van der Waals surface area contributed by atoms with Gasteiger partial charge in [-0.2, -0.15) is 5.26 Å². The van der Waals surface area contributed by atoms with E-state index in [0.29, 0.717) is 23.7 Å². The van der Waals surface area contributed by atoms with Crippen LogP contribution in [0.4, 0.5) is 23.0 Å². The van der Waals surface area contributed by atoms with Crippen LogP contribution in [0, 0.1) is 11.3 Å². The molecule has 154 valence electrons. The Morgan fingerprint density at radius 1 is 1.03 bits per heavy atom. The van der Waals surface area contributed by atoms with Crippen LogP contribution in [0.15, 0.2) is 64.6 Å². The van der Waals surface area contributed by atoms with Crippen LogP contribution in [0.25, 0.3) is 0 Å². The molecule has 10 heteroatoms. The molecule has 0 amide bonds. The first kappa shape index (κ1) is 21.6. The Balaban J connectivity index is 1.83. The van der Waals surface area contributed by atoms with Gasteiger partial charge >= 0.3 is 0 Å². The summed E-state index contributed by atoms with van der Waals surface area (Å²) in [5.74, 6) is 1.09. The number of hydrogen-bond donors (Lipinski definition) is 3. The highest BCUT2D eigenvalue weighted by Gasteiger charge is 2.14. The third-order valence-electron chi connectivity index (χ3n) is 4.19. The minimum atomic E-state index is -3.56. The summed E-state index contributed by atoms with van der Waals surface area (Å²) in [5.41, 5.74) is 2.40. The fraction of sp³-hybridized carbons (Fsp3) is 0.150. The molecule has 1 aromatic heterocycles. The Morgan fingerprint density at radius 2 is 1.73 bits per heavy atom. The molecule has 0 aliphatic rings. The van der Waals surface area contributed by atoms with Gasteiger partial charge in [-0.3, -0.25) is 0 Å². The molecule has 0 spiro atoms. The molecular weight excluding hydrogens is 420 g/mol. The summed E-state index contributed by atoms with van der Waals surface area (Å²) >= 11 is 1.49. The third-order valence-corrected chi connectivity index (χ3v) is 6.40. The summed E-state index contributed by atoms with van der Waals surface area (Å²) in [6.45, 7) is 0. The van der Waals surface area contributed by atoms with Crippen molar-refractivity contribution in [3.8, 4) is 6.07 Å². The van der Waals surface area contributed by atoms with Gasteiger partial charge in [-0.25, -0.2) is 23.1 Å². The van der Waals surface area contributed by atoms with E-state index in [0.717, 1.165) is 16.1 Å². The van der Waals surface area contributed by atoms with Crippen molar-refractivity contribution in [2.75, 3.05) is 23.9 Å². The molecule has 3 aromatic rings. The summed E-state index contributed by atoms with van der Waals surface area (Å²) in [6.07, 6.45) is 3.69. The van der Waals surface area contributed by atoms with Gasteiger partial charge in [0.25, 0.3) is 0 Å². The molecule has 3 rings (SSSR count). The molecule has 30 heavy (non-hydrogen) atoms. The number of aromatic nitrogens is 2. The predicted octanol–water partition coefficient (Wildman–Crippen LogP) is 3.66. The van der Waals surface area contributed by atoms with Gasteiger partial charge in [0, 0.05) is 16.6 Å². The standard InChI is InChI=1S/C20H20N6O2S2/c1-22-30(27,28)16-7-8-18(29-2)17(11-16)26-20-12-19(23-13-24-20)25-15-5-3-14(4-6-15)9-10-21/h3-8,11-13,22H,9H2,1-2H3,(H2,23,24,25,26). The largest absolute Gasteiger partial charge is 0.340 e. The zero-order valence-corrected chi connectivity index (χ0v) is 18.0. The van der Waals surface area contributed by atoms with Crippen LogP contribution in [-0.2, 0) is 16.4 Å². The van der Waals surface area contributed by atoms with E-state index in [1.807, 2.05) is 30.5 Å². The van der Waals surface area contributed by atoms with E-state index in [1.165, 1.54) is 25.1 Å². The molecule has 0 aliphatic heterocycles. The first-order valence-corrected chi connectivity index (χ1v) is 11.6. The van der Waals surface area contributed by atoms with Crippen molar-refractivity contribution >= 4 is 44.8 Å². The van der Waals surface area contributed by atoms with E-state index in [-0.39, 0.29) is 4.90 Å². The number of anilines is 4. The minimum absolute atomic E-state index is 0.162. The lowest BCUT2D eigenvalue weighted by molar-refractivity contribution is 0.588. The van der Waals surface area contributed by atoms with Crippen LogP contribution in [0.2, 0.25) is 0 Å². The highest BCUT2D eigenvalue weighted by molar-refractivity contribution is 7.98.